The molecule has 0 radical (unpaired) electrons. The van der Waals surface area contributed by atoms with Crippen molar-refractivity contribution in [1.29, 1.82) is 0 Å². The number of nitrogens with one attached hydrogen (secondary N) is 1. The fourth-order valence-electron chi connectivity index (χ4n) is 1.97. The molecule has 0 saturated carbocycles. The van der Waals surface area contributed by atoms with Crippen LogP contribution in [0, 0.1) is 10.1 Å². The van der Waals surface area contributed by atoms with Gasteiger partial charge in [-0.3, -0.25) is 15.1 Å². The van der Waals surface area contributed by atoms with Crippen LogP contribution < -0.4 is 5.32 Å². The van der Waals surface area contributed by atoms with E-state index in [1.165, 1.54) is 6.07 Å². The Morgan fingerprint density at radius 2 is 2.20 bits per heavy atom. The maximum atomic E-state index is 10.8. The molecule has 2 rings (SSSR count). The second-order valence-corrected chi connectivity index (χ2v) is 3.69. The number of hydrogen-bond acceptors (Lipinski definition) is 4. The van der Waals surface area contributed by atoms with Gasteiger partial charge in [0.1, 0.15) is 5.69 Å². The molecule has 0 spiro atoms. The molecule has 1 N–H and O–H groups in total. The smallest absolute Gasteiger partial charge is 0.291 e. The fraction of sp³-hybridized carbons (Fsp3) is 0.500. The van der Waals surface area contributed by atoms with E-state index in [1.807, 2.05) is 0 Å². The first-order valence-electron chi connectivity index (χ1n) is 5.09. The third-order valence-corrected chi connectivity index (χ3v) is 2.74. The van der Waals surface area contributed by atoms with Crippen LogP contribution in [0.25, 0.3) is 0 Å². The van der Waals surface area contributed by atoms with Gasteiger partial charge in [-0.1, -0.05) is 0 Å². The number of pyridine rings is 1. The van der Waals surface area contributed by atoms with Gasteiger partial charge in [-0.05, 0) is 32.0 Å². The van der Waals surface area contributed by atoms with E-state index in [-0.39, 0.29) is 16.5 Å². The lowest BCUT2D eigenvalue weighted by molar-refractivity contribution is -0.386. The van der Waals surface area contributed by atoms with E-state index in [0.717, 1.165) is 25.9 Å². The standard InChI is InChI=1S/C10H13N3O2/c14-13(15)9-2-1-5-12-10(9)8-3-6-11-7-4-8/h1-2,5,8,11H,3-4,6-7H2. The van der Waals surface area contributed by atoms with Crippen LogP contribution in [0.4, 0.5) is 5.69 Å². The molecule has 1 fully saturated rings. The number of aromatic nitrogens is 1. The summed E-state index contributed by atoms with van der Waals surface area (Å²) in [5, 5.41) is 14.0. The Morgan fingerprint density at radius 1 is 1.47 bits per heavy atom. The van der Waals surface area contributed by atoms with Crippen molar-refractivity contribution in [2.24, 2.45) is 0 Å². The van der Waals surface area contributed by atoms with E-state index in [2.05, 4.69) is 10.3 Å². The highest BCUT2D eigenvalue weighted by atomic mass is 16.6. The molecule has 0 aromatic carbocycles. The third-order valence-electron chi connectivity index (χ3n) is 2.74. The third kappa shape index (κ3) is 2.12. The first kappa shape index (κ1) is 10.0. The predicted octanol–water partition coefficient (Wildman–Crippen LogP) is 1.46. The minimum Gasteiger partial charge on any atom is -0.317 e. The summed E-state index contributed by atoms with van der Waals surface area (Å²) in [5.74, 6) is 0.229. The van der Waals surface area contributed by atoms with Crippen LogP contribution in [0.2, 0.25) is 0 Å². The highest BCUT2D eigenvalue weighted by Gasteiger charge is 2.24. The Morgan fingerprint density at radius 3 is 2.87 bits per heavy atom. The lowest BCUT2D eigenvalue weighted by atomic mass is 9.93. The normalized spacial score (nSPS) is 17.6. The van der Waals surface area contributed by atoms with Crippen molar-refractivity contribution in [2.75, 3.05) is 13.1 Å². The van der Waals surface area contributed by atoms with Crippen LogP contribution in [0.1, 0.15) is 24.5 Å². The average Bonchev–Trinajstić information content (AvgIpc) is 2.30. The lowest BCUT2D eigenvalue weighted by Crippen LogP contribution is -2.27. The van der Waals surface area contributed by atoms with Gasteiger partial charge in [0.15, 0.2) is 0 Å². The summed E-state index contributed by atoms with van der Waals surface area (Å²) in [6, 6.07) is 3.15. The van der Waals surface area contributed by atoms with Gasteiger partial charge in [-0.15, -0.1) is 0 Å². The molecule has 1 saturated heterocycles. The van der Waals surface area contributed by atoms with Gasteiger partial charge in [0.25, 0.3) is 5.69 Å². The van der Waals surface area contributed by atoms with Gasteiger partial charge < -0.3 is 5.32 Å². The summed E-state index contributed by atoms with van der Waals surface area (Å²) >= 11 is 0. The topological polar surface area (TPSA) is 68.1 Å². The molecule has 1 aromatic heterocycles. The highest BCUT2D eigenvalue weighted by molar-refractivity contribution is 5.37. The second kappa shape index (κ2) is 4.35. The van der Waals surface area contributed by atoms with E-state index in [1.54, 1.807) is 12.3 Å². The molecule has 1 aliphatic heterocycles. The van der Waals surface area contributed by atoms with Crippen molar-refractivity contribution >= 4 is 5.69 Å². The number of piperidine rings is 1. The molecule has 0 amide bonds. The second-order valence-electron chi connectivity index (χ2n) is 3.69. The van der Waals surface area contributed by atoms with Crippen molar-refractivity contribution in [3.8, 4) is 0 Å². The minimum atomic E-state index is -0.343. The predicted molar refractivity (Wildman–Crippen MR) is 55.7 cm³/mol. The van der Waals surface area contributed by atoms with Gasteiger partial charge in [-0.2, -0.15) is 0 Å². The Kier molecular flexibility index (Phi) is 2.91. The molecule has 1 aromatic rings. The van der Waals surface area contributed by atoms with Crippen molar-refractivity contribution in [2.45, 2.75) is 18.8 Å². The van der Waals surface area contributed by atoms with E-state index < -0.39 is 0 Å². The molecule has 1 aliphatic rings. The van der Waals surface area contributed by atoms with Crippen molar-refractivity contribution in [3.05, 3.63) is 34.1 Å². The molecule has 15 heavy (non-hydrogen) atoms. The summed E-state index contributed by atoms with van der Waals surface area (Å²) < 4.78 is 0. The first-order valence-corrected chi connectivity index (χ1v) is 5.09. The van der Waals surface area contributed by atoms with Crippen molar-refractivity contribution < 1.29 is 4.92 Å². The van der Waals surface area contributed by atoms with Crippen molar-refractivity contribution in [1.82, 2.24) is 10.3 Å². The Balaban J connectivity index is 2.29. The van der Waals surface area contributed by atoms with Gasteiger partial charge in [0, 0.05) is 18.2 Å². The zero-order valence-electron chi connectivity index (χ0n) is 8.35. The molecule has 0 atom stereocenters. The quantitative estimate of drug-likeness (QED) is 0.588. The van der Waals surface area contributed by atoms with Crippen LogP contribution in [-0.4, -0.2) is 23.0 Å². The Hall–Kier alpha value is -1.49. The lowest BCUT2D eigenvalue weighted by Gasteiger charge is -2.21. The Labute approximate surface area is 87.7 Å². The minimum absolute atomic E-state index is 0.157. The number of rotatable bonds is 2. The summed E-state index contributed by atoms with van der Waals surface area (Å²) in [7, 11) is 0. The van der Waals surface area contributed by atoms with E-state index in [9.17, 15) is 10.1 Å². The first-order chi connectivity index (χ1) is 7.29. The SMILES string of the molecule is O=[N+]([O-])c1cccnc1C1CCNCC1. The molecule has 80 valence electrons. The average molecular weight is 207 g/mol. The largest absolute Gasteiger partial charge is 0.317 e. The monoisotopic (exact) mass is 207 g/mol. The molecule has 2 heterocycles. The van der Waals surface area contributed by atoms with Gasteiger partial charge in [0.2, 0.25) is 0 Å². The molecule has 0 unspecified atom stereocenters. The molecular weight excluding hydrogens is 194 g/mol. The molecule has 0 bridgehead atoms. The van der Waals surface area contributed by atoms with E-state index in [0.29, 0.717) is 5.69 Å². The molecular formula is C10H13N3O2. The van der Waals surface area contributed by atoms with E-state index >= 15 is 0 Å². The fourth-order valence-corrected chi connectivity index (χ4v) is 1.97. The van der Waals surface area contributed by atoms with Crippen molar-refractivity contribution in [3.63, 3.8) is 0 Å². The van der Waals surface area contributed by atoms with Crippen LogP contribution in [0.3, 0.4) is 0 Å². The summed E-state index contributed by atoms with van der Waals surface area (Å²) in [4.78, 5) is 14.6. The van der Waals surface area contributed by atoms with Crippen LogP contribution in [-0.2, 0) is 0 Å². The van der Waals surface area contributed by atoms with Gasteiger partial charge >= 0.3 is 0 Å². The van der Waals surface area contributed by atoms with E-state index in [4.69, 9.17) is 0 Å². The summed E-state index contributed by atoms with van der Waals surface area (Å²) in [5.41, 5.74) is 0.799. The Bertz CT molecular complexity index is 361. The number of nitro groups is 1. The molecule has 5 nitrogen and oxygen atoms in total. The van der Waals surface area contributed by atoms with Gasteiger partial charge in [0.05, 0.1) is 4.92 Å². The zero-order chi connectivity index (χ0) is 10.7. The molecule has 5 heteroatoms. The van der Waals surface area contributed by atoms with Crippen LogP contribution in [0.15, 0.2) is 18.3 Å². The van der Waals surface area contributed by atoms with Gasteiger partial charge in [-0.25, -0.2) is 0 Å². The van der Waals surface area contributed by atoms with Crippen LogP contribution >= 0.6 is 0 Å². The number of nitrogens with zero attached hydrogens (tertiary/aromatic N) is 2. The highest BCUT2D eigenvalue weighted by Crippen LogP contribution is 2.29. The summed E-state index contributed by atoms with van der Waals surface area (Å²) in [6.07, 6.45) is 3.49. The number of hydrogen-bond donors (Lipinski definition) is 1. The summed E-state index contributed by atoms with van der Waals surface area (Å²) in [6.45, 7) is 1.83. The zero-order valence-corrected chi connectivity index (χ0v) is 8.35. The molecule has 0 aliphatic carbocycles. The maximum absolute atomic E-state index is 10.8. The van der Waals surface area contributed by atoms with Crippen LogP contribution in [0.5, 0.6) is 0 Å². The maximum Gasteiger partial charge on any atom is 0.291 e.